The first-order valence-corrected chi connectivity index (χ1v) is 14.1. The van der Waals surface area contributed by atoms with Gasteiger partial charge in [-0.3, -0.25) is 14.5 Å². The summed E-state index contributed by atoms with van der Waals surface area (Å²) in [5.41, 5.74) is 1.84. The van der Waals surface area contributed by atoms with Crippen LogP contribution in [-0.4, -0.2) is 69.0 Å². The molecule has 2 atom stereocenters. The van der Waals surface area contributed by atoms with Crippen molar-refractivity contribution in [2.45, 2.75) is 80.1 Å². The number of hydrogen-bond donors (Lipinski definition) is 4. The van der Waals surface area contributed by atoms with Gasteiger partial charge in [-0.2, -0.15) is 0 Å². The smallest absolute Gasteiger partial charge is 0.262 e. The number of aliphatic hydroxyl groups excluding tert-OH is 2. The van der Waals surface area contributed by atoms with E-state index in [-0.39, 0.29) is 61.4 Å². The van der Waals surface area contributed by atoms with Gasteiger partial charge >= 0.3 is 0 Å². The minimum atomic E-state index is -1.84. The molecule has 2 aromatic rings. The molecule has 4 N–H and O–H groups in total. The molecule has 0 unspecified atom stereocenters. The van der Waals surface area contributed by atoms with Crippen LogP contribution in [0.25, 0.3) is 6.08 Å². The molecular weight excluding hydrogens is 744 g/mol. The maximum Gasteiger partial charge on any atom is 0.262 e. The number of amides is 2. The molecule has 44 heavy (non-hydrogen) atoms. The number of aliphatic hydroxyl groups is 4. The van der Waals surface area contributed by atoms with E-state index in [4.69, 9.17) is 19.7 Å². The van der Waals surface area contributed by atoms with Crippen molar-refractivity contribution in [1.82, 2.24) is 4.90 Å². The van der Waals surface area contributed by atoms with Gasteiger partial charge in [-0.05, 0) is 40.2 Å². The van der Waals surface area contributed by atoms with Crippen LogP contribution in [0.15, 0.2) is 49.0 Å². The normalized spacial score (nSPS) is 14.2. The van der Waals surface area contributed by atoms with Crippen LogP contribution in [0.3, 0.4) is 0 Å². The molecule has 0 aromatic heterocycles. The Morgan fingerprint density at radius 1 is 0.818 bits per heavy atom. The minimum absolute atomic E-state index is 0. The number of rotatable bonds is 11. The molecule has 250 valence electrons. The Kier molecular flexibility index (Phi) is 17.6. The molecule has 1 aliphatic heterocycles. The second-order valence-electron chi connectivity index (χ2n) is 12.7. The molecule has 0 saturated heterocycles. The molecule has 11 heteroatoms. The van der Waals surface area contributed by atoms with E-state index in [0.29, 0.717) is 32.0 Å². The van der Waals surface area contributed by atoms with E-state index in [2.05, 4.69) is 6.58 Å². The summed E-state index contributed by atoms with van der Waals surface area (Å²) in [7, 11) is 0. The van der Waals surface area contributed by atoms with Gasteiger partial charge in [-0.25, -0.2) is 0 Å². The number of imide groups is 1. The Morgan fingerprint density at radius 2 is 1.39 bits per heavy atom. The van der Waals surface area contributed by atoms with E-state index >= 15 is 0 Å². The number of carbonyl (C=O) groups is 2. The van der Waals surface area contributed by atoms with Crippen molar-refractivity contribution < 1.29 is 78.4 Å². The molecule has 1 aliphatic rings. The van der Waals surface area contributed by atoms with E-state index in [1.54, 1.807) is 32.9 Å². The molecular formula is C33H47NO8Rh2. The van der Waals surface area contributed by atoms with Crippen molar-refractivity contribution in [2.24, 2.45) is 16.7 Å². The van der Waals surface area contributed by atoms with Crippen LogP contribution in [0.5, 0.6) is 5.75 Å². The summed E-state index contributed by atoms with van der Waals surface area (Å²) in [6.45, 7) is 18.2. The van der Waals surface area contributed by atoms with Gasteiger partial charge < -0.3 is 29.9 Å². The fourth-order valence-corrected chi connectivity index (χ4v) is 4.29. The molecule has 0 bridgehead atoms. The van der Waals surface area contributed by atoms with Crippen molar-refractivity contribution in [2.75, 3.05) is 13.2 Å². The topological polar surface area (TPSA) is 137 Å². The molecule has 3 rings (SSSR count). The summed E-state index contributed by atoms with van der Waals surface area (Å²) >= 11 is 0. The Bertz CT molecular complexity index is 1200. The zero-order valence-electron chi connectivity index (χ0n) is 26.5. The zero-order chi connectivity index (χ0) is 31.8. The van der Waals surface area contributed by atoms with Crippen LogP contribution in [0.2, 0.25) is 0 Å². The van der Waals surface area contributed by atoms with Gasteiger partial charge in [0.25, 0.3) is 11.8 Å². The van der Waals surface area contributed by atoms with Gasteiger partial charge in [0.1, 0.15) is 5.75 Å². The average Bonchev–Trinajstić information content (AvgIpc) is 3.14. The molecule has 2 aromatic carbocycles. The predicted molar refractivity (Wildman–Crippen MR) is 162 cm³/mol. The van der Waals surface area contributed by atoms with Gasteiger partial charge in [0.05, 0.1) is 37.0 Å². The largest absolute Gasteiger partial charge is 0.493 e. The van der Waals surface area contributed by atoms with Gasteiger partial charge in [0, 0.05) is 51.3 Å². The summed E-state index contributed by atoms with van der Waals surface area (Å²) in [4.78, 5) is 26.7. The number of fused-ring (bicyclic) bond motifs is 1. The third kappa shape index (κ3) is 11.8. The number of nitrogens with zero attached hydrogens (tertiary/aromatic N) is 1. The van der Waals surface area contributed by atoms with Gasteiger partial charge in [-0.15, -0.1) is 0 Å². The summed E-state index contributed by atoms with van der Waals surface area (Å²) in [6, 6.07) is 11.6. The van der Waals surface area contributed by atoms with Crippen LogP contribution in [0, 0.1) is 16.7 Å². The Balaban J connectivity index is 0.00000147. The van der Waals surface area contributed by atoms with Crippen molar-refractivity contribution in [1.29, 1.82) is 0 Å². The number of hydrogen-bond acceptors (Lipinski definition) is 8. The van der Waals surface area contributed by atoms with Crippen LogP contribution < -0.4 is 4.74 Å². The van der Waals surface area contributed by atoms with Crippen molar-refractivity contribution in [3.63, 3.8) is 0 Å². The number of ether oxygens (including phenoxy) is 2. The average molecular weight is 792 g/mol. The first-order chi connectivity index (χ1) is 19.5. The van der Waals surface area contributed by atoms with E-state index in [1.165, 1.54) is 12.1 Å². The monoisotopic (exact) mass is 791 g/mol. The second kappa shape index (κ2) is 18.3. The molecule has 9 nitrogen and oxygen atoms in total. The van der Waals surface area contributed by atoms with Gasteiger partial charge in [-0.1, -0.05) is 85.4 Å². The minimum Gasteiger partial charge on any atom is -0.493 e. The van der Waals surface area contributed by atoms with Crippen molar-refractivity contribution in [3.05, 3.63) is 71.3 Å². The molecule has 0 spiro atoms. The fourth-order valence-electron chi connectivity index (χ4n) is 4.29. The molecule has 0 aliphatic carbocycles. The summed E-state index contributed by atoms with van der Waals surface area (Å²) < 4.78 is 11.4. The van der Waals surface area contributed by atoms with Crippen LogP contribution >= 0.6 is 0 Å². The molecule has 0 fully saturated rings. The first kappa shape index (κ1) is 42.2. The standard InChI is InChI=1S/C26H31NO6.C7H16O2.2Rh/c1-5-17-7-9-18(10-8-17)16-32-13-6-14-33-19-11-12-20-21(15-19)24(29)27(23(20)28)22(25(30)31)26(2,3)4;1-5(6(8)9)7(2,3)4;;/h5,7-12,15,22,25,30-31H,1,6,13-14,16H2,2-4H3;5-6,8-9H,1-4H3;;/t22-;5-;;/m11../s1. The molecule has 1 heterocycles. The first-order valence-electron chi connectivity index (χ1n) is 14.1. The van der Waals surface area contributed by atoms with Crippen molar-refractivity contribution in [3.8, 4) is 5.75 Å². The van der Waals surface area contributed by atoms with Crippen LogP contribution in [-0.2, 0) is 50.3 Å². The maximum atomic E-state index is 12.9. The number of carbonyl (C=O) groups excluding carboxylic acids is 2. The van der Waals surface area contributed by atoms with E-state index in [1.807, 2.05) is 52.0 Å². The quantitative estimate of drug-likeness (QED) is 0.112. The van der Waals surface area contributed by atoms with Gasteiger partial charge in [0.15, 0.2) is 12.6 Å². The SMILES string of the molecule is C=Cc1ccc(COCCCOc2ccc3c(c2)C(=O)N([C@H](C(O)O)C(C)(C)C)C3=O)cc1.C[C@H](C(O)O)C(C)(C)C.[Rh].[Rh]. The predicted octanol–water partition coefficient (Wildman–Crippen LogP) is 4.61. The molecule has 0 saturated carbocycles. The Hall–Kier alpha value is -1.83. The van der Waals surface area contributed by atoms with Crippen LogP contribution in [0.1, 0.15) is 86.7 Å². The molecule has 2 amide bonds. The zero-order valence-corrected chi connectivity index (χ0v) is 29.8. The van der Waals surface area contributed by atoms with E-state index < -0.39 is 35.9 Å². The van der Waals surface area contributed by atoms with Crippen LogP contribution in [0.4, 0.5) is 0 Å². The van der Waals surface area contributed by atoms with E-state index in [9.17, 15) is 19.8 Å². The third-order valence-electron chi connectivity index (χ3n) is 7.34. The van der Waals surface area contributed by atoms with Crippen molar-refractivity contribution >= 4 is 17.9 Å². The Labute approximate surface area is 287 Å². The summed E-state index contributed by atoms with van der Waals surface area (Å²) in [5, 5.41) is 37.1. The Morgan fingerprint density at radius 3 is 1.84 bits per heavy atom. The fraction of sp³-hybridized carbons (Fsp3) is 0.515. The van der Waals surface area contributed by atoms with E-state index in [0.717, 1.165) is 16.0 Å². The third-order valence-corrected chi connectivity index (χ3v) is 7.34. The van der Waals surface area contributed by atoms with Gasteiger partial charge in [0.2, 0.25) is 0 Å². The second-order valence-corrected chi connectivity index (χ2v) is 12.7. The maximum absolute atomic E-state index is 12.9. The summed E-state index contributed by atoms with van der Waals surface area (Å²) in [6.07, 6.45) is -0.586. The number of benzene rings is 2. The summed E-state index contributed by atoms with van der Waals surface area (Å²) in [5.74, 6) is -0.700. The molecule has 2 radical (unpaired) electrons.